The molecule has 0 saturated heterocycles. The van der Waals surface area contributed by atoms with Crippen LogP contribution in [0.4, 0.5) is 5.69 Å². The zero-order chi connectivity index (χ0) is 15.2. The van der Waals surface area contributed by atoms with Crippen LogP contribution in [-0.2, 0) is 0 Å². The molecule has 0 fully saturated rings. The Morgan fingerprint density at radius 2 is 1.81 bits per heavy atom. The summed E-state index contributed by atoms with van der Waals surface area (Å²) in [6, 6.07) is 14.6. The molecular formula is C15H13IN2O2S. The first-order valence-corrected chi connectivity index (χ1v) is 7.60. The normalized spacial score (nSPS) is 9.81. The van der Waals surface area contributed by atoms with Gasteiger partial charge in [0, 0.05) is 9.26 Å². The monoisotopic (exact) mass is 412 g/mol. The number of benzene rings is 2. The lowest BCUT2D eigenvalue weighted by atomic mass is 10.2. The smallest absolute Gasteiger partial charge is 0.258 e. The Kier molecular flexibility index (Phi) is 5.51. The van der Waals surface area contributed by atoms with Crippen LogP contribution in [0.1, 0.15) is 10.4 Å². The van der Waals surface area contributed by atoms with Crippen LogP contribution in [0.3, 0.4) is 0 Å². The summed E-state index contributed by atoms with van der Waals surface area (Å²) >= 11 is 7.26. The summed E-state index contributed by atoms with van der Waals surface area (Å²) in [6.45, 7) is 0. The Morgan fingerprint density at radius 3 is 2.43 bits per heavy atom. The van der Waals surface area contributed by atoms with Gasteiger partial charge in [0.2, 0.25) is 0 Å². The molecule has 108 valence electrons. The van der Waals surface area contributed by atoms with Gasteiger partial charge in [0.15, 0.2) is 5.11 Å². The fourth-order valence-electron chi connectivity index (χ4n) is 1.65. The summed E-state index contributed by atoms with van der Waals surface area (Å²) in [5, 5.41) is 5.87. The minimum Gasteiger partial charge on any atom is -0.497 e. The van der Waals surface area contributed by atoms with E-state index in [2.05, 4.69) is 33.2 Å². The molecule has 0 aliphatic rings. The van der Waals surface area contributed by atoms with Gasteiger partial charge in [-0.1, -0.05) is 12.1 Å². The number of rotatable bonds is 3. The van der Waals surface area contributed by atoms with Crippen LogP contribution in [-0.4, -0.2) is 18.1 Å². The topological polar surface area (TPSA) is 50.4 Å². The van der Waals surface area contributed by atoms with E-state index in [-0.39, 0.29) is 11.0 Å². The van der Waals surface area contributed by atoms with Crippen LogP contribution < -0.4 is 15.4 Å². The van der Waals surface area contributed by atoms with Gasteiger partial charge in [-0.15, -0.1) is 0 Å². The number of carbonyl (C=O) groups is 1. The fraction of sp³-hybridized carbons (Fsp3) is 0.0667. The highest BCUT2D eigenvalue weighted by Gasteiger charge is 2.10. The molecule has 0 heterocycles. The lowest BCUT2D eigenvalue weighted by molar-refractivity contribution is 0.0977. The molecule has 0 aliphatic heterocycles. The van der Waals surface area contributed by atoms with Crippen molar-refractivity contribution < 1.29 is 9.53 Å². The lowest BCUT2D eigenvalue weighted by Gasteiger charge is -2.10. The largest absolute Gasteiger partial charge is 0.497 e. The van der Waals surface area contributed by atoms with Gasteiger partial charge in [-0.05, 0) is 71.2 Å². The number of methoxy groups -OCH3 is 1. The molecule has 6 heteroatoms. The maximum atomic E-state index is 12.1. The molecule has 4 nitrogen and oxygen atoms in total. The Balaban J connectivity index is 1.98. The number of carbonyl (C=O) groups excluding carboxylic acids is 1. The third kappa shape index (κ3) is 4.40. The second kappa shape index (κ2) is 7.37. The number of hydrogen-bond donors (Lipinski definition) is 2. The van der Waals surface area contributed by atoms with E-state index < -0.39 is 0 Å². The van der Waals surface area contributed by atoms with E-state index in [1.165, 1.54) is 0 Å². The molecule has 0 bridgehead atoms. The molecule has 2 aromatic carbocycles. The van der Waals surface area contributed by atoms with E-state index in [0.717, 1.165) is 15.0 Å². The van der Waals surface area contributed by atoms with Crippen LogP contribution in [0.2, 0.25) is 0 Å². The second-order valence-electron chi connectivity index (χ2n) is 4.12. The molecule has 21 heavy (non-hydrogen) atoms. The predicted molar refractivity (Wildman–Crippen MR) is 95.8 cm³/mol. The Morgan fingerprint density at radius 1 is 1.14 bits per heavy atom. The van der Waals surface area contributed by atoms with Crippen LogP contribution >= 0.6 is 34.8 Å². The minimum atomic E-state index is -0.231. The van der Waals surface area contributed by atoms with Crippen molar-refractivity contribution in [3.05, 3.63) is 57.7 Å². The molecule has 1 amide bonds. The maximum Gasteiger partial charge on any atom is 0.258 e. The summed E-state index contributed by atoms with van der Waals surface area (Å²) in [6.07, 6.45) is 0. The summed E-state index contributed by atoms with van der Waals surface area (Å²) in [5.74, 6) is 0.528. The SMILES string of the molecule is COc1ccc(NC(=S)NC(=O)c2ccccc2I)cc1. The minimum absolute atomic E-state index is 0.231. The Bertz CT molecular complexity index is 659. The number of ether oxygens (including phenoxy) is 1. The average Bonchev–Trinajstić information content (AvgIpc) is 2.48. The summed E-state index contributed by atoms with van der Waals surface area (Å²) in [5.41, 5.74) is 1.38. The van der Waals surface area contributed by atoms with Gasteiger partial charge < -0.3 is 10.1 Å². The van der Waals surface area contributed by atoms with Crippen LogP contribution in [0.15, 0.2) is 48.5 Å². The van der Waals surface area contributed by atoms with Crippen LogP contribution in [0.5, 0.6) is 5.75 Å². The molecular weight excluding hydrogens is 399 g/mol. The van der Waals surface area contributed by atoms with Gasteiger partial charge in [-0.2, -0.15) is 0 Å². The zero-order valence-electron chi connectivity index (χ0n) is 11.2. The van der Waals surface area contributed by atoms with Gasteiger partial charge in [0.25, 0.3) is 5.91 Å². The van der Waals surface area contributed by atoms with Gasteiger partial charge in [-0.3, -0.25) is 10.1 Å². The molecule has 0 aliphatic carbocycles. The summed E-state index contributed by atoms with van der Waals surface area (Å²) < 4.78 is 5.95. The van der Waals surface area contributed by atoms with Gasteiger partial charge in [0.05, 0.1) is 12.7 Å². The quantitative estimate of drug-likeness (QED) is 0.599. The van der Waals surface area contributed by atoms with E-state index in [0.29, 0.717) is 5.56 Å². The van der Waals surface area contributed by atoms with E-state index in [1.807, 2.05) is 42.5 Å². The van der Waals surface area contributed by atoms with Crippen LogP contribution in [0.25, 0.3) is 0 Å². The van der Waals surface area contributed by atoms with Crippen LogP contribution in [0, 0.1) is 3.57 Å². The second-order valence-corrected chi connectivity index (χ2v) is 5.69. The van der Waals surface area contributed by atoms with Gasteiger partial charge in [0.1, 0.15) is 5.75 Å². The molecule has 0 atom stereocenters. The Hall–Kier alpha value is -1.67. The number of thiocarbonyl (C=S) groups is 1. The fourth-order valence-corrected chi connectivity index (χ4v) is 2.50. The van der Waals surface area contributed by atoms with E-state index in [1.54, 1.807) is 13.2 Å². The highest BCUT2D eigenvalue weighted by atomic mass is 127. The zero-order valence-corrected chi connectivity index (χ0v) is 14.2. The summed E-state index contributed by atoms with van der Waals surface area (Å²) in [4.78, 5) is 12.1. The van der Waals surface area contributed by atoms with Crippen molar-refractivity contribution in [2.24, 2.45) is 0 Å². The number of anilines is 1. The number of amides is 1. The van der Waals surface area contributed by atoms with E-state index in [9.17, 15) is 4.79 Å². The summed E-state index contributed by atoms with van der Waals surface area (Å²) in [7, 11) is 1.61. The maximum absolute atomic E-state index is 12.1. The number of nitrogens with one attached hydrogen (secondary N) is 2. The van der Waals surface area contributed by atoms with Crippen molar-refractivity contribution in [3.63, 3.8) is 0 Å². The van der Waals surface area contributed by atoms with Gasteiger partial charge >= 0.3 is 0 Å². The number of hydrogen-bond acceptors (Lipinski definition) is 3. The third-order valence-corrected chi connectivity index (χ3v) is 3.84. The molecule has 2 N–H and O–H groups in total. The average molecular weight is 412 g/mol. The first kappa shape index (κ1) is 15.7. The van der Waals surface area contributed by atoms with Crippen molar-refractivity contribution in [2.45, 2.75) is 0 Å². The highest BCUT2D eigenvalue weighted by molar-refractivity contribution is 14.1. The first-order valence-electron chi connectivity index (χ1n) is 6.11. The van der Waals surface area contributed by atoms with Gasteiger partial charge in [-0.25, -0.2) is 0 Å². The molecule has 0 spiro atoms. The third-order valence-electron chi connectivity index (χ3n) is 2.69. The van der Waals surface area contributed by atoms with Crippen molar-refractivity contribution in [3.8, 4) is 5.75 Å². The molecule has 2 aromatic rings. The number of halogens is 1. The molecule has 2 rings (SSSR count). The molecule has 0 radical (unpaired) electrons. The Labute approximate surface area is 142 Å². The predicted octanol–water partition coefficient (Wildman–Crippen LogP) is 3.43. The van der Waals surface area contributed by atoms with Crippen molar-refractivity contribution in [2.75, 3.05) is 12.4 Å². The first-order chi connectivity index (χ1) is 10.1. The van der Waals surface area contributed by atoms with Crippen molar-refractivity contribution in [1.29, 1.82) is 0 Å². The van der Waals surface area contributed by atoms with E-state index >= 15 is 0 Å². The molecule has 0 saturated carbocycles. The van der Waals surface area contributed by atoms with E-state index in [4.69, 9.17) is 17.0 Å². The highest BCUT2D eigenvalue weighted by Crippen LogP contribution is 2.15. The molecule has 0 aromatic heterocycles. The molecule has 0 unspecified atom stereocenters. The van der Waals surface area contributed by atoms with Crippen molar-refractivity contribution >= 4 is 51.5 Å². The van der Waals surface area contributed by atoms with Crippen molar-refractivity contribution in [1.82, 2.24) is 5.32 Å². The standard InChI is InChI=1S/C15H13IN2O2S/c1-20-11-8-6-10(7-9-11)17-15(21)18-14(19)12-4-2-3-5-13(12)16/h2-9H,1H3,(H2,17,18,19,21). The lowest BCUT2D eigenvalue weighted by Crippen LogP contribution is -2.34.